The second kappa shape index (κ2) is 8.50. The van der Waals surface area contributed by atoms with E-state index in [1.807, 2.05) is 17.0 Å². The van der Waals surface area contributed by atoms with Crippen LogP contribution in [-0.4, -0.2) is 53.1 Å². The molecular weight excluding hydrogens is 355 g/mol. The van der Waals surface area contributed by atoms with Gasteiger partial charge in [0.2, 0.25) is 5.91 Å². The lowest BCUT2D eigenvalue weighted by Gasteiger charge is -2.48. The zero-order valence-electron chi connectivity index (χ0n) is 17.0. The number of rotatable bonds is 6. The van der Waals surface area contributed by atoms with Crippen molar-refractivity contribution in [1.82, 2.24) is 9.80 Å². The first kappa shape index (κ1) is 19.8. The fourth-order valence-corrected chi connectivity index (χ4v) is 4.93. The molecule has 0 N–H and O–H groups in total. The Morgan fingerprint density at radius 3 is 2.54 bits per heavy atom. The van der Waals surface area contributed by atoms with Gasteiger partial charge in [0.25, 0.3) is 0 Å². The first-order valence-electron chi connectivity index (χ1n) is 11.0. The highest BCUT2D eigenvalue weighted by Crippen LogP contribution is 2.40. The second-order valence-corrected chi connectivity index (χ2v) is 8.84. The lowest BCUT2D eigenvalue weighted by molar-refractivity contribution is -0.150. The largest absolute Gasteiger partial charge is 0.375 e. The van der Waals surface area contributed by atoms with Crippen LogP contribution in [0.4, 0.5) is 4.39 Å². The molecule has 2 aliphatic heterocycles. The molecule has 0 aromatic heterocycles. The lowest BCUT2D eigenvalue weighted by atomic mass is 9.81. The summed E-state index contributed by atoms with van der Waals surface area (Å²) < 4.78 is 19.6. The summed E-state index contributed by atoms with van der Waals surface area (Å²) in [4.78, 5) is 16.9. The lowest BCUT2D eigenvalue weighted by Crippen LogP contribution is -2.54. The van der Waals surface area contributed by atoms with Gasteiger partial charge in [-0.2, -0.15) is 0 Å². The second-order valence-electron chi connectivity index (χ2n) is 8.84. The minimum atomic E-state index is -0.170. The molecule has 1 spiro atoms. The number of hydrogen-bond donors (Lipinski definition) is 0. The van der Waals surface area contributed by atoms with Gasteiger partial charge in [-0.15, -0.1) is 0 Å². The van der Waals surface area contributed by atoms with Crippen LogP contribution in [-0.2, 0) is 16.1 Å². The number of nitrogens with zero attached hydrogens (tertiary/aromatic N) is 2. The highest BCUT2D eigenvalue weighted by Gasteiger charge is 2.44. The third kappa shape index (κ3) is 4.57. The van der Waals surface area contributed by atoms with Crippen LogP contribution in [0, 0.1) is 5.82 Å². The molecule has 154 valence electrons. The molecule has 1 amide bonds. The van der Waals surface area contributed by atoms with Gasteiger partial charge in [-0.25, -0.2) is 4.39 Å². The summed E-state index contributed by atoms with van der Waals surface area (Å²) in [5.74, 6) is 0.122. The van der Waals surface area contributed by atoms with Crippen molar-refractivity contribution >= 4 is 5.91 Å². The Morgan fingerprint density at radius 1 is 1.18 bits per heavy atom. The molecule has 1 saturated carbocycles. The van der Waals surface area contributed by atoms with Gasteiger partial charge >= 0.3 is 0 Å². The van der Waals surface area contributed by atoms with Gasteiger partial charge in [0.15, 0.2) is 0 Å². The first-order chi connectivity index (χ1) is 13.6. The third-order valence-corrected chi connectivity index (χ3v) is 6.72. The molecule has 2 heterocycles. The smallest absolute Gasteiger partial charge is 0.222 e. The number of ether oxygens (including phenoxy) is 1. The van der Waals surface area contributed by atoms with Gasteiger partial charge in [0.05, 0.1) is 5.60 Å². The molecule has 1 atom stereocenters. The van der Waals surface area contributed by atoms with Crippen LogP contribution in [0.2, 0.25) is 0 Å². The monoisotopic (exact) mass is 388 g/mol. The van der Waals surface area contributed by atoms with Crippen LogP contribution in [0.15, 0.2) is 24.3 Å². The molecule has 1 aromatic rings. The zero-order valence-corrected chi connectivity index (χ0v) is 17.0. The Hall–Kier alpha value is -1.46. The zero-order chi connectivity index (χ0) is 19.6. The molecule has 28 heavy (non-hydrogen) atoms. The van der Waals surface area contributed by atoms with E-state index >= 15 is 0 Å². The molecule has 0 radical (unpaired) electrons. The predicted octanol–water partition coefficient (Wildman–Crippen LogP) is 4.13. The Bertz CT molecular complexity index is 666. The average Bonchev–Trinajstić information content (AvgIpc) is 3.53. The van der Waals surface area contributed by atoms with E-state index in [1.54, 1.807) is 12.1 Å². The highest BCUT2D eigenvalue weighted by molar-refractivity contribution is 5.76. The fraction of sp³-hybridized carbons (Fsp3) is 0.696. The standard InChI is InChI=1S/C23H33FN2O2/c1-2-3-22(27)25-13-11-23(12-14-25)16-21(10-15-28-23)26(20-8-9-20)17-18-4-6-19(24)7-5-18/h4-7,20-21H,2-3,8-17H2,1H3. The number of amides is 1. The van der Waals surface area contributed by atoms with Crippen LogP contribution < -0.4 is 0 Å². The number of likely N-dealkylation sites (tertiary alicyclic amines) is 1. The molecule has 3 aliphatic rings. The number of carbonyl (C=O) groups excluding carboxylic acids is 1. The predicted molar refractivity (Wildman–Crippen MR) is 107 cm³/mol. The summed E-state index contributed by atoms with van der Waals surface area (Å²) in [5.41, 5.74) is 1.12. The van der Waals surface area contributed by atoms with E-state index in [1.165, 1.54) is 18.4 Å². The van der Waals surface area contributed by atoms with E-state index in [9.17, 15) is 9.18 Å². The summed E-state index contributed by atoms with van der Waals surface area (Å²) >= 11 is 0. The van der Waals surface area contributed by atoms with Crippen LogP contribution in [0.3, 0.4) is 0 Å². The van der Waals surface area contributed by atoms with E-state index in [2.05, 4.69) is 11.8 Å². The number of benzene rings is 1. The van der Waals surface area contributed by atoms with E-state index < -0.39 is 0 Å². The maximum absolute atomic E-state index is 13.3. The van der Waals surface area contributed by atoms with Crippen molar-refractivity contribution in [3.8, 4) is 0 Å². The maximum Gasteiger partial charge on any atom is 0.222 e. The summed E-state index contributed by atoms with van der Waals surface area (Å²) in [6.45, 7) is 5.42. The molecule has 2 saturated heterocycles. The Labute approximate surface area is 168 Å². The van der Waals surface area contributed by atoms with Gasteiger partial charge < -0.3 is 9.64 Å². The van der Waals surface area contributed by atoms with Crippen LogP contribution in [0.25, 0.3) is 0 Å². The van der Waals surface area contributed by atoms with Gasteiger partial charge in [-0.3, -0.25) is 9.69 Å². The van der Waals surface area contributed by atoms with Gasteiger partial charge in [-0.1, -0.05) is 19.1 Å². The van der Waals surface area contributed by atoms with Crippen molar-refractivity contribution in [3.63, 3.8) is 0 Å². The molecule has 1 aliphatic carbocycles. The van der Waals surface area contributed by atoms with E-state index in [0.29, 0.717) is 24.4 Å². The third-order valence-electron chi connectivity index (χ3n) is 6.72. The molecule has 0 bridgehead atoms. The van der Waals surface area contributed by atoms with Crippen molar-refractivity contribution in [3.05, 3.63) is 35.6 Å². The number of halogens is 1. The highest BCUT2D eigenvalue weighted by atomic mass is 19.1. The molecule has 5 heteroatoms. The molecule has 4 nitrogen and oxygen atoms in total. The van der Waals surface area contributed by atoms with Gasteiger partial charge in [0, 0.05) is 44.7 Å². The van der Waals surface area contributed by atoms with Crippen molar-refractivity contribution < 1.29 is 13.9 Å². The summed E-state index contributed by atoms with van der Waals surface area (Å²) in [5, 5.41) is 0. The Morgan fingerprint density at radius 2 is 1.89 bits per heavy atom. The fourth-order valence-electron chi connectivity index (χ4n) is 4.93. The molecule has 4 rings (SSSR count). The summed E-state index contributed by atoms with van der Waals surface area (Å²) in [6.07, 6.45) is 8.14. The topological polar surface area (TPSA) is 32.8 Å². The first-order valence-corrected chi connectivity index (χ1v) is 11.0. The van der Waals surface area contributed by atoms with E-state index in [-0.39, 0.29) is 11.4 Å². The molecule has 3 fully saturated rings. The average molecular weight is 389 g/mol. The minimum absolute atomic E-state index is 0.0676. The van der Waals surface area contributed by atoms with Crippen LogP contribution >= 0.6 is 0 Å². The van der Waals surface area contributed by atoms with Crippen molar-refractivity contribution in [2.45, 2.75) is 82.5 Å². The van der Waals surface area contributed by atoms with Gasteiger partial charge in [0.1, 0.15) is 5.82 Å². The SMILES string of the molecule is CCCC(=O)N1CCC2(CC1)CC(N(Cc1ccc(F)cc1)C1CC1)CCO2. The summed E-state index contributed by atoms with van der Waals surface area (Å²) in [7, 11) is 0. The van der Waals surface area contributed by atoms with Crippen molar-refractivity contribution in [1.29, 1.82) is 0 Å². The minimum Gasteiger partial charge on any atom is -0.375 e. The van der Waals surface area contributed by atoms with Gasteiger partial charge in [-0.05, 0) is 62.6 Å². The molecule has 1 aromatic carbocycles. The maximum atomic E-state index is 13.3. The quantitative estimate of drug-likeness (QED) is 0.735. The molecule has 1 unspecified atom stereocenters. The number of hydrogen-bond acceptors (Lipinski definition) is 3. The Balaban J connectivity index is 1.39. The van der Waals surface area contributed by atoms with E-state index in [0.717, 1.165) is 58.3 Å². The summed E-state index contributed by atoms with van der Waals surface area (Å²) in [6, 6.07) is 8.14. The number of carbonyl (C=O) groups is 1. The number of piperidine rings is 1. The molecular formula is C23H33FN2O2. The normalized spacial score (nSPS) is 24.7. The van der Waals surface area contributed by atoms with Crippen LogP contribution in [0.5, 0.6) is 0 Å². The van der Waals surface area contributed by atoms with Crippen molar-refractivity contribution in [2.75, 3.05) is 19.7 Å². The van der Waals surface area contributed by atoms with Crippen LogP contribution in [0.1, 0.15) is 63.9 Å². The van der Waals surface area contributed by atoms with Crippen molar-refractivity contribution in [2.24, 2.45) is 0 Å². The van der Waals surface area contributed by atoms with E-state index in [4.69, 9.17) is 4.74 Å². The Kier molecular flexibility index (Phi) is 6.02.